The smallest absolute Gasteiger partial charge is 0.222 e. The van der Waals surface area contributed by atoms with Crippen LogP contribution in [-0.4, -0.2) is 43.2 Å². The fourth-order valence-corrected chi connectivity index (χ4v) is 1.80. The Morgan fingerprint density at radius 2 is 2.27 bits per heavy atom. The molecular formula is C11H22N2O2. The molecule has 4 heteroatoms. The van der Waals surface area contributed by atoms with E-state index in [4.69, 9.17) is 10.5 Å². The molecule has 1 rings (SSSR count). The van der Waals surface area contributed by atoms with Gasteiger partial charge < -0.3 is 15.4 Å². The van der Waals surface area contributed by atoms with Crippen LogP contribution in [0.1, 0.15) is 32.6 Å². The van der Waals surface area contributed by atoms with Crippen molar-refractivity contribution in [2.24, 2.45) is 5.73 Å². The molecule has 0 bridgehead atoms. The molecule has 1 amide bonds. The minimum atomic E-state index is 0.187. The van der Waals surface area contributed by atoms with Crippen molar-refractivity contribution in [2.45, 2.75) is 38.7 Å². The molecule has 1 atom stereocenters. The number of amides is 1. The average Bonchev–Trinajstić information content (AvgIpc) is 2.24. The summed E-state index contributed by atoms with van der Waals surface area (Å²) < 4.78 is 5.39. The summed E-state index contributed by atoms with van der Waals surface area (Å²) in [5, 5.41) is 0. The van der Waals surface area contributed by atoms with Crippen molar-refractivity contribution in [2.75, 3.05) is 26.2 Å². The second kappa shape index (κ2) is 6.80. The fraction of sp³-hybridized carbons (Fsp3) is 0.909. The Balaban J connectivity index is 2.15. The van der Waals surface area contributed by atoms with Crippen molar-refractivity contribution >= 4 is 5.91 Å². The molecule has 1 saturated heterocycles. The summed E-state index contributed by atoms with van der Waals surface area (Å²) in [6, 6.07) is 0. The fourth-order valence-electron chi connectivity index (χ4n) is 1.80. The number of rotatable bonds is 5. The van der Waals surface area contributed by atoms with E-state index in [0.29, 0.717) is 13.0 Å². The molecular weight excluding hydrogens is 192 g/mol. The summed E-state index contributed by atoms with van der Waals surface area (Å²) in [5.41, 5.74) is 5.39. The van der Waals surface area contributed by atoms with Gasteiger partial charge in [0.15, 0.2) is 0 Å². The monoisotopic (exact) mass is 214 g/mol. The van der Waals surface area contributed by atoms with E-state index in [1.54, 1.807) is 0 Å². The molecule has 2 N–H and O–H groups in total. The van der Waals surface area contributed by atoms with Gasteiger partial charge in [-0.25, -0.2) is 0 Å². The molecule has 0 aromatic carbocycles. The number of hydrogen-bond acceptors (Lipinski definition) is 3. The third-order valence-corrected chi connectivity index (χ3v) is 2.69. The SMILES string of the molecule is CC1CN(C(=O)CCCCCN)CCO1. The van der Waals surface area contributed by atoms with E-state index in [2.05, 4.69) is 0 Å². The Labute approximate surface area is 91.8 Å². The highest BCUT2D eigenvalue weighted by Crippen LogP contribution is 2.08. The third-order valence-electron chi connectivity index (χ3n) is 2.69. The molecule has 0 spiro atoms. The third kappa shape index (κ3) is 4.62. The predicted octanol–water partition coefficient (Wildman–Crippen LogP) is 0.753. The lowest BCUT2D eigenvalue weighted by atomic mass is 10.1. The van der Waals surface area contributed by atoms with Crippen molar-refractivity contribution in [1.29, 1.82) is 0 Å². The highest BCUT2D eigenvalue weighted by molar-refractivity contribution is 5.76. The van der Waals surface area contributed by atoms with Crippen LogP contribution in [0, 0.1) is 0 Å². The Morgan fingerprint density at radius 3 is 2.93 bits per heavy atom. The molecule has 15 heavy (non-hydrogen) atoms. The van der Waals surface area contributed by atoms with Gasteiger partial charge in [0.05, 0.1) is 12.7 Å². The van der Waals surface area contributed by atoms with Crippen molar-refractivity contribution in [3.8, 4) is 0 Å². The lowest BCUT2D eigenvalue weighted by Crippen LogP contribution is -2.44. The minimum absolute atomic E-state index is 0.187. The maximum atomic E-state index is 11.7. The van der Waals surface area contributed by atoms with Crippen molar-refractivity contribution in [3.05, 3.63) is 0 Å². The molecule has 1 aliphatic heterocycles. The molecule has 0 aromatic heterocycles. The average molecular weight is 214 g/mol. The largest absolute Gasteiger partial charge is 0.375 e. The van der Waals surface area contributed by atoms with Crippen LogP contribution in [0.15, 0.2) is 0 Å². The first-order chi connectivity index (χ1) is 7.24. The topological polar surface area (TPSA) is 55.6 Å². The highest BCUT2D eigenvalue weighted by Gasteiger charge is 2.20. The zero-order chi connectivity index (χ0) is 11.1. The molecule has 4 nitrogen and oxygen atoms in total. The van der Waals surface area contributed by atoms with Gasteiger partial charge in [-0.2, -0.15) is 0 Å². The Hall–Kier alpha value is -0.610. The van der Waals surface area contributed by atoms with Gasteiger partial charge in [0, 0.05) is 19.5 Å². The van der Waals surface area contributed by atoms with Crippen LogP contribution in [-0.2, 0) is 9.53 Å². The second-order valence-corrected chi connectivity index (χ2v) is 4.12. The van der Waals surface area contributed by atoms with E-state index in [0.717, 1.165) is 38.9 Å². The number of nitrogens with two attached hydrogens (primary N) is 1. The van der Waals surface area contributed by atoms with E-state index in [9.17, 15) is 4.79 Å². The highest BCUT2D eigenvalue weighted by atomic mass is 16.5. The van der Waals surface area contributed by atoms with E-state index >= 15 is 0 Å². The van der Waals surface area contributed by atoms with Gasteiger partial charge >= 0.3 is 0 Å². The standard InChI is InChI=1S/C11H22N2O2/c1-10-9-13(7-8-15-10)11(14)5-3-2-4-6-12/h10H,2-9,12H2,1H3. The summed E-state index contributed by atoms with van der Waals surface area (Å²) >= 11 is 0. The first-order valence-electron chi connectivity index (χ1n) is 5.83. The molecule has 0 radical (unpaired) electrons. The molecule has 1 fully saturated rings. The van der Waals surface area contributed by atoms with Gasteiger partial charge in [-0.1, -0.05) is 6.42 Å². The molecule has 1 unspecified atom stereocenters. The van der Waals surface area contributed by atoms with E-state index < -0.39 is 0 Å². The van der Waals surface area contributed by atoms with Crippen LogP contribution in [0.25, 0.3) is 0 Å². The van der Waals surface area contributed by atoms with Crippen LogP contribution in [0.3, 0.4) is 0 Å². The van der Waals surface area contributed by atoms with Crippen LogP contribution in [0.2, 0.25) is 0 Å². The lowest BCUT2D eigenvalue weighted by molar-refractivity contribution is -0.138. The van der Waals surface area contributed by atoms with Crippen molar-refractivity contribution < 1.29 is 9.53 Å². The first kappa shape index (κ1) is 12.5. The molecule has 1 aliphatic rings. The van der Waals surface area contributed by atoms with E-state index in [1.807, 2.05) is 11.8 Å². The zero-order valence-electron chi connectivity index (χ0n) is 9.58. The minimum Gasteiger partial charge on any atom is -0.375 e. The number of unbranched alkanes of at least 4 members (excludes halogenated alkanes) is 2. The normalized spacial score (nSPS) is 21.7. The summed E-state index contributed by atoms with van der Waals surface area (Å²) in [7, 11) is 0. The quantitative estimate of drug-likeness (QED) is 0.687. The maximum Gasteiger partial charge on any atom is 0.222 e. The second-order valence-electron chi connectivity index (χ2n) is 4.12. The zero-order valence-corrected chi connectivity index (χ0v) is 9.58. The molecule has 0 aliphatic carbocycles. The number of carbonyl (C=O) groups excluding carboxylic acids is 1. The number of ether oxygens (including phenoxy) is 1. The Bertz CT molecular complexity index is 197. The number of carbonyl (C=O) groups is 1. The Morgan fingerprint density at radius 1 is 1.47 bits per heavy atom. The number of morpholine rings is 1. The maximum absolute atomic E-state index is 11.7. The van der Waals surface area contributed by atoms with Gasteiger partial charge in [0.1, 0.15) is 0 Å². The van der Waals surface area contributed by atoms with Crippen molar-refractivity contribution in [3.63, 3.8) is 0 Å². The van der Waals surface area contributed by atoms with Crippen LogP contribution in [0.5, 0.6) is 0 Å². The van der Waals surface area contributed by atoms with Gasteiger partial charge in [0.25, 0.3) is 0 Å². The van der Waals surface area contributed by atoms with Gasteiger partial charge in [-0.3, -0.25) is 4.79 Å². The van der Waals surface area contributed by atoms with Crippen LogP contribution >= 0.6 is 0 Å². The number of nitrogens with zero attached hydrogens (tertiary/aromatic N) is 1. The van der Waals surface area contributed by atoms with Crippen LogP contribution < -0.4 is 5.73 Å². The van der Waals surface area contributed by atoms with Gasteiger partial charge in [-0.15, -0.1) is 0 Å². The number of hydrogen-bond donors (Lipinski definition) is 1. The summed E-state index contributed by atoms with van der Waals surface area (Å²) in [6.45, 7) is 4.90. The van der Waals surface area contributed by atoms with E-state index in [-0.39, 0.29) is 12.0 Å². The molecule has 88 valence electrons. The van der Waals surface area contributed by atoms with E-state index in [1.165, 1.54) is 0 Å². The Kier molecular flexibility index (Phi) is 5.65. The molecule has 0 aromatic rings. The summed E-state index contributed by atoms with van der Waals surface area (Å²) in [5.74, 6) is 0.266. The predicted molar refractivity (Wildman–Crippen MR) is 59.5 cm³/mol. The van der Waals surface area contributed by atoms with Crippen LogP contribution in [0.4, 0.5) is 0 Å². The van der Waals surface area contributed by atoms with Crippen molar-refractivity contribution in [1.82, 2.24) is 4.90 Å². The van der Waals surface area contributed by atoms with Gasteiger partial charge in [0.2, 0.25) is 5.91 Å². The molecule has 1 heterocycles. The molecule has 0 saturated carbocycles. The summed E-state index contributed by atoms with van der Waals surface area (Å²) in [4.78, 5) is 13.7. The summed E-state index contributed by atoms with van der Waals surface area (Å²) in [6.07, 6.45) is 3.88. The first-order valence-corrected chi connectivity index (χ1v) is 5.83. The lowest BCUT2D eigenvalue weighted by Gasteiger charge is -2.31. The van der Waals surface area contributed by atoms with Gasteiger partial charge in [-0.05, 0) is 26.3 Å².